The third-order valence-electron chi connectivity index (χ3n) is 4.79. The molecule has 0 aromatic carbocycles. The lowest BCUT2D eigenvalue weighted by Crippen LogP contribution is -2.38. The topological polar surface area (TPSA) is 102 Å². The fourth-order valence-electron chi connectivity index (χ4n) is 3.28. The Morgan fingerprint density at radius 1 is 1.24 bits per heavy atom. The van der Waals surface area contributed by atoms with Crippen LogP contribution < -0.4 is 5.32 Å². The van der Waals surface area contributed by atoms with Crippen LogP contribution in [0.1, 0.15) is 67.3 Å². The van der Waals surface area contributed by atoms with E-state index >= 15 is 0 Å². The Morgan fingerprint density at radius 2 is 2.04 bits per heavy atom. The normalized spacial score (nSPS) is 18.3. The number of carbonyl (C=O) groups is 1. The van der Waals surface area contributed by atoms with Gasteiger partial charge in [0.15, 0.2) is 5.82 Å². The number of carbonyl (C=O) groups excluding carboxylic acids is 1. The Balaban J connectivity index is 1.39. The van der Waals surface area contributed by atoms with Gasteiger partial charge in [0.05, 0.1) is 0 Å². The van der Waals surface area contributed by atoms with E-state index in [1.165, 1.54) is 0 Å². The minimum atomic E-state index is -0.0990. The van der Waals surface area contributed by atoms with Crippen LogP contribution in [0.4, 0.5) is 5.95 Å². The molecule has 2 aliphatic heterocycles. The fourth-order valence-corrected chi connectivity index (χ4v) is 3.28. The van der Waals surface area contributed by atoms with Crippen molar-refractivity contribution in [1.29, 1.82) is 0 Å². The molecule has 2 aliphatic rings. The maximum Gasteiger partial charge on any atom is 0.293 e. The zero-order chi connectivity index (χ0) is 17.4. The summed E-state index contributed by atoms with van der Waals surface area (Å²) in [5.41, 5.74) is 0. The maximum atomic E-state index is 12.7. The van der Waals surface area contributed by atoms with Crippen molar-refractivity contribution in [3.63, 3.8) is 0 Å². The van der Waals surface area contributed by atoms with Crippen LogP contribution in [-0.2, 0) is 6.54 Å². The van der Waals surface area contributed by atoms with E-state index in [4.69, 9.17) is 4.52 Å². The first-order valence-electron chi connectivity index (χ1n) is 8.93. The van der Waals surface area contributed by atoms with E-state index in [0.29, 0.717) is 24.9 Å². The number of piperidine rings is 1. The molecule has 4 rings (SSSR count). The summed E-state index contributed by atoms with van der Waals surface area (Å²) in [4.78, 5) is 23.3. The summed E-state index contributed by atoms with van der Waals surface area (Å²) < 4.78 is 7.07. The van der Waals surface area contributed by atoms with E-state index in [1.807, 2.05) is 18.7 Å². The van der Waals surface area contributed by atoms with Crippen LogP contribution in [0.15, 0.2) is 4.52 Å². The van der Waals surface area contributed by atoms with Crippen LogP contribution >= 0.6 is 0 Å². The third kappa shape index (κ3) is 3.10. The van der Waals surface area contributed by atoms with Gasteiger partial charge in [-0.25, -0.2) is 4.68 Å². The van der Waals surface area contributed by atoms with Crippen LogP contribution in [0, 0.1) is 0 Å². The molecule has 4 heterocycles. The van der Waals surface area contributed by atoms with Crippen molar-refractivity contribution < 1.29 is 9.32 Å². The van der Waals surface area contributed by atoms with Crippen LogP contribution in [0.3, 0.4) is 0 Å². The van der Waals surface area contributed by atoms with Gasteiger partial charge < -0.3 is 14.7 Å². The SMILES string of the molecule is CC(C)c1nc(C2CCN(C(=O)c3nc4n(n3)CCCN4)CC2)no1. The number of fused-ring (bicyclic) bond motifs is 1. The van der Waals surface area contributed by atoms with E-state index in [0.717, 1.165) is 38.2 Å². The largest absolute Gasteiger partial charge is 0.354 e. The number of aryl methyl sites for hydroxylation is 1. The molecule has 0 radical (unpaired) electrons. The summed E-state index contributed by atoms with van der Waals surface area (Å²) in [6.07, 6.45) is 2.65. The summed E-state index contributed by atoms with van der Waals surface area (Å²) in [6.45, 7) is 7.07. The molecule has 1 fully saturated rings. The number of likely N-dealkylation sites (tertiary alicyclic amines) is 1. The van der Waals surface area contributed by atoms with Crippen molar-refractivity contribution in [2.45, 2.75) is 51.5 Å². The first kappa shape index (κ1) is 16.0. The smallest absolute Gasteiger partial charge is 0.293 e. The summed E-state index contributed by atoms with van der Waals surface area (Å²) in [5.74, 6) is 2.78. The summed E-state index contributed by atoms with van der Waals surface area (Å²) in [6, 6.07) is 0. The van der Waals surface area contributed by atoms with Gasteiger partial charge in [-0.1, -0.05) is 19.0 Å². The molecule has 0 aliphatic carbocycles. The zero-order valence-corrected chi connectivity index (χ0v) is 14.6. The Kier molecular flexibility index (Phi) is 4.14. The number of rotatable bonds is 3. The second-order valence-electron chi connectivity index (χ2n) is 6.97. The van der Waals surface area contributed by atoms with Gasteiger partial charge in [0.2, 0.25) is 17.7 Å². The molecular weight excluding hydrogens is 322 g/mol. The predicted octanol–water partition coefficient (Wildman–Crippen LogP) is 1.62. The van der Waals surface area contributed by atoms with E-state index in [-0.39, 0.29) is 23.6 Å². The lowest BCUT2D eigenvalue weighted by Gasteiger charge is -2.29. The predicted molar refractivity (Wildman–Crippen MR) is 89.4 cm³/mol. The van der Waals surface area contributed by atoms with Gasteiger partial charge in [-0.05, 0) is 19.3 Å². The van der Waals surface area contributed by atoms with Crippen LogP contribution in [0.5, 0.6) is 0 Å². The Bertz CT molecular complexity index is 735. The highest BCUT2D eigenvalue weighted by Crippen LogP contribution is 2.27. The molecule has 0 unspecified atom stereocenters. The van der Waals surface area contributed by atoms with Crippen molar-refractivity contribution in [2.24, 2.45) is 0 Å². The monoisotopic (exact) mass is 345 g/mol. The Hall–Kier alpha value is -2.45. The lowest BCUT2D eigenvalue weighted by molar-refractivity contribution is 0.0698. The molecule has 2 aromatic heterocycles. The summed E-state index contributed by atoms with van der Waals surface area (Å²) in [7, 11) is 0. The molecule has 0 atom stereocenters. The molecule has 9 nitrogen and oxygen atoms in total. The number of hydrogen-bond acceptors (Lipinski definition) is 7. The number of nitrogens with zero attached hydrogens (tertiary/aromatic N) is 6. The fraction of sp³-hybridized carbons (Fsp3) is 0.688. The molecule has 2 aromatic rings. The van der Waals surface area contributed by atoms with Crippen molar-refractivity contribution in [2.75, 3.05) is 25.0 Å². The Morgan fingerprint density at radius 3 is 2.72 bits per heavy atom. The van der Waals surface area contributed by atoms with Crippen molar-refractivity contribution in [1.82, 2.24) is 29.8 Å². The number of nitrogens with one attached hydrogen (secondary N) is 1. The van der Waals surface area contributed by atoms with E-state index in [2.05, 4.69) is 25.5 Å². The molecule has 1 N–H and O–H groups in total. The highest BCUT2D eigenvalue weighted by atomic mass is 16.5. The van der Waals surface area contributed by atoms with Crippen LogP contribution in [-0.4, -0.2) is 55.3 Å². The zero-order valence-electron chi connectivity index (χ0n) is 14.6. The minimum Gasteiger partial charge on any atom is -0.354 e. The van der Waals surface area contributed by atoms with Gasteiger partial charge in [-0.2, -0.15) is 9.97 Å². The minimum absolute atomic E-state index is 0.0990. The molecular formula is C16H23N7O2. The number of amides is 1. The summed E-state index contributed by atoms with van der Waals surface area (Å²) in [5, 5.41) is 11.6. The number of hydrogen-bond donors (Lipinski definition) is 1. The third-order valence-corrected chi connectivity index (χ3v) is 4.79. The van der Waals surface area contributed by atoms with Gasteiger partial charge in [0.25, 0.3) is 5.91 Å². The van der Waals surface area contributed by atoms with E-state index in [1.54, 1.807) is 4.68 Å². The van der Waals surface area contributed by atoms with Crippen molar-refractivity contribution >= 4 is 11.9 Å². The molecule has 9 heteroatoms. The Labute approximate surface area is 145 Å². The molecule has 25 heavy (non-hydrogen) atoms. The van der Waals surface area contributed by atoms with Crippen molar-refractivity contribution in [3.8, 4) is 0 Å². The van der Waals surface area contributed by atoms with E-state index < -0.39 is 0 Å². The maximum absolute atomic E-state index is 12.7. The second kappa shape index (κ2) is 6.45. The molecule has 134 valence electrons. The number of aromatic nitrogens is 5. The molecule has 0 spiro atoms. The average Bonchev–Trinajstić information content (AvgIpc) is 3.28. The van der Waals surface area contributed by atoms with Gasteiger partial charge in [-0.3, -0.25) is 4.79 Å². The lowest BCUT2D eigenvalue weighted by atomic mass is 9.96. The van der Waals surface area contributed by atoms with Gasteiger partial charge in [0.1, 0.15) is 0 Å². The first-order valence-corrected chi connectivity index (χ1v) is 8.93. The first-order chi connectivity index (χ1) is 12.1. The molecule has 1 saturated heterocycles. The highest BCUT2D eigenvalue weighted by molar-refractivity contribution is 5.90. The number of anilines is 1. The van der Waals surface area contributed by atoms with Gasteiger partial charge in [0, 0.05) is 38.0 Å². The molecule has 0 saturated carbocycles. The average molecular weight is 345 g/mol. The second-order valence-corrected chi connectivity index (χ2v) is 6.97. The van der Waals surface area contributed by atoms with Crippen LogP contribution in [0.2, 0.25) is 0 Å². The molecule has 0 bridgehead atoms. The van der Waals surface area contributed by atoms with E-state index in [9.17, 15) is 4.79 Å². The van der Waals surface area contributed by atoms with Gasteiger partial charge >= 0.3 is 0 Å². The van der Waals surface area contributed by atoms with Crippen LogP contribution in [0.25, 0.3) is 0 Å². The van der Waals surface area contributed by atoms with Crippen molar-refractivity contribution in [3.05, 3.63) is 17.5 Å². The van der Waals surface area contributed by atoms with Gasteiger partial charge in [-0.15, -0.1) is 5.10 Å². The quantitative estimate of drug-likeness (QED) is 0.901. The summed E-state index contributed by atoms with van der Waals surface area (Å²) >= 11 is 0. The highest BCUT2D eigenvalue weighted by Gasteiger charge is 2.30. The molecule has 1 amide bonds. The standard InChI is InChI=1S/C16H23N7O2/c1-10(2)14-18-12(21-25-14)11-4-8-22(9-5-11)15(24)13-19-16-17-6-3-7-23(16)20-13/h10-11H,3-9H2,1-2H3,(H,17,19,20).